The second-order valence-electron chi connectivity index (χ2n) is 1.93. The van der Waals surface area contributed by atoms with E-state index in [1.165, 1.54) is 6.20 Å². The molecule has 0 bridgehead atoms. The zero-order valence-corrected chi connectivity index (χ0v) is 6.46. The Morgan fingerprint density at radius 2 is 2.36 bits per heavy atom. The van der Waals surface area contributed by atoms with Crippen molar-refractivity contribution < 1.29 is 9.90 Å². The maximum Gasteiger partial charge on any atom is 0.373 e. The monoisotopic (exact) mass is 172 g/mol. The van der Waals surface area contributed by atoms with Crippen molar-refractivity contribution in [3.05, 3.63) is 22.7 Å². The molecule has 0 amide bonds. The van der Waals surface area contributed by atoms with Crippen molar-refractivity contribution in [2.24, 2.45) is 0 Å². The lowest BCUT2D eigenvalue weighted by atomic mass is 10.4. The number of rotatable bonds is 1. The highest BCUT2D eigenvalue weighted by Gasteiger charge is 2.07. The first kappa shape index (κ1) is 7.94. The summed E-state index contributed by atoms with van der Waals surface area (Å²) in [7, 11) is 0. The van der Waals surface area contributed by atoms with Gasteiger partial charge in [0, 0.05) is 0 Å². The van der Waals surface area contributed by atoms with Gasteiger partial charge >= 0.3 is 5.97 Å². The van der Waals surface area contributed by atoms with Crippen LogP contribution in [0.2, 0.25) is 5.02 Å². The maximum atomic E-state index is 10.3. The summed E-state index contributed by atoms with van der Waals surface area (Å²) in [6.07, 6.45) is 1.27. The lowest BCUT2D eigenvalue weighted by molar-refractivity contribution is 0.0683. The molecule has 58 valence electrons. The van der Waals surface area contributed by atoms with Crippen molar-refractivity contribution in [2.75, 3.05) is 0 Å². The van der Waals surface area contributed by atoms with Gasteiger partial charge in [0.15, 0.2) is 0 Å². The summed E-state index contributed by atoms with van der Waals surface area (Å²) >= 11 is 5.57. The first-order valence-electron chi connectivity index (χ1n) is 2.83. The number of hydrogen-bond donors (Lipinski definition) is 1. The van der Waals surface area contributed by atoms with Crippen molar-refractivity contribution in [3.8, 4) is 0 Å². The predicted molar refractivity (Wildman–Crippen MR) is 38.7 cm³/mol. The molecule has 0 fully saturated rings. The van der Waals surface area contributed by atoms with Crippen molar-refractivity contribution in [1.29, 1.82) is 0 Å². The lowest BCUT2D eigenvalue weighted by Crippen LogP contribution is -2.04. The average Bonchev–Trinajstić information content (AvgIpc) is 1.94. The van der Waals surface area contributed by atoms with Crippen LogP contribution in [0.4, 0.5) is 0 Å². The van der Waals surface area contributed by atoms with Gasteiger partial charge in [0.05, 0.1) is 16.9 Å². The van der Waals surface area contributed by atoms with Gasteiger partial charge in [-0.15, -0.1) is 0 Å². The van der Waals surface area contributed by atoms with E-state index in [1.54, 1.807) is 6.92 Å². The third-order valence-corrected chi connectivity index (χ3v) is 1.48. The number of aromatic carboxylic acids is 1. The van der Waals surface area contributed by atoms with E-state index in [9.17, 15) is 4.79 Å². The molecule has 0 atom stereocenters. The Morgan fingerprint density at radius 3 is 2.82 bits per heavy atom. The minimum atomic E-state index is -1.15. The van der Waals surface area contributed by atoms with Crippen LogP contribution < -0.4 is 0 Å². The van der Waals surface area contributed by atoms with E-state index in [4.69, 9.17) is 16.7 Å². The molecule has 0 spiro atoms. The fraction of sp³-hybridized carbons (Fsp3) is 0.167. The molecule has 5 heteroatoms. The first-order chi connectivity index (χ1) is 5.11. The average molecular weight is 173 g/mol. The topological polar surface area (TPSA) is 63.1 Å². The number of carbonyl (C=O) groups is 1. The molecule has 1 aromatic rings. The van der Waals surface area contributed by atoms with Crippen molar-refractivity contribution in [1.82, 2.24) is 9.97 Å². The van der Waals surface area contributed by atoms with Gasteiger partial charge in [-0.25, -0.2) is 14.8 Å². The van der Waals surface area contributed by atoms with Crippen molar-refractivity contribution >= 4 is 17.6 Å². The Balaban J connectivity index is 3.15. The molecule has 11 heavy (non-hydrogen) atoms. The quantitative estimate of drug-likeness (QED) is 0.690. The van der Waals surface area contributed by atoms with Crippen LogP contribution in [0.5, 0.6) is 0 Å². The Labute approximate surface area is 67.9 Å². The zero-order chi connectivity index (χ0) is 8.43. The molecule has 0 aliphatic carbocycles. The van der Waals surface area contributed by atoms with E-state index in [1.807, 2.05) is 0 Å². The predicted octanol–water partition coefficient (Wildman–Crippen LogP) is 1.14. The molecule has 0 unspecified atom stereocenters. The Kier molecular flexibility index (Phi) is 2.05. The number of carboxylic acid groups (broad SMARTS) is 1. The smallest absolute Gasteiger partial charge is 0.373 e. The van der Waals surface area contributed by atoms with Crippen molar-refractivity contribution in [2.45, 2.75) is 6.92 Å². The normalized spacial score (nSPS) is 9.64. The molecule has 0 saturated carbocycles. The van der Waals surface area contributed by atoms with Crippen LogP contribution in [0.3, 0.4) is 0 Å². The van der Waals surface area contributed by atoms with Crippen LogP contribution in [-0.4, -0.2) is 21.0 Å². The van der Waals surface area contributed by atoms with Gasteiger partial charge in [0.2, 0.25) is 5.82 Å². The molecule has 0 radical (unpaired) electrons. The van der Waals surface area contributed by atoms with Gasteiger partial charge in [-0.05, 0) is 6.92 Å². The van der Waals surface area contributed by atoms with E-state index in [-0.39, 0.29) is 5.82 Å². The molecular formula is C6H5ClN2O2. The summed E-state index contributed by atoms with van der Waals surface area (Å²) in [6, 6.07) is 0. The van der Waals surface area contributed by atoms with Crippen LogP contribution in [0.1, 0.15) is 16.3 Å². The Bertz CT molecular complexity index is 301. The number of nitrogens with zero attached hydrogens (tertiary/aromatic N) is 2. The second kappa shape index (κ2) is 2.84. The van der Waals surface area contributed by atoms with Crippen LogP contribution in [0, 0.1) is 6.92 Å². The molecule has 4 nitrogen and oxygen atoms in total. The molecule has 0 saturated heterocycles. The molecule has 0 aromatic carbocycles. The molecule has 1 aromatic heterocycles. The van der Waals surface area contributed by atoms with Gasteiger partial charge in [-0.3, -0.25) is 0 Å². The summed E-state index contributed by atoms with van der Waals surface area (Å²) in [5, 5.41) is 8.80. The van der Waals surface area contributed by atoms with Crippen molar-refractivity contribution in [3.63, 3.8) is 0 Å². The van der Waals surface area contributed by atoms with Crippen LogP contribution >= 0.6 is 11.6 Å². The third kappa shape index (κ3) is 1.65. The standard InChI is InChI=1S/C6H5ClN2O2/c1-3-4(7)2-8-5(9-3)6(10)11/h2H,1H3,(H,10,11). The molecule has 0 aliphatic rings. The van der Waals surface area contributed by atoms with Gasteiger partial charge in [-0.2, -0.15) is 0 Å². The highest BCUT2D eigenvalue weighted by atomic mass is 35.5. The SMILES string of the molecule is Cc1nc(C(=O)O)ncc1Cl. The fourth-order valence-electron chi connectivity index (χ4n) is 0.555. The Morgan fingerprint density at radius 1 is 1.73 bits per heavy atom. The van der Waals surface area contributed by atoms with E-state index in [2.05, 4.69) is 9.97 Å². The first-order valence-corrected chi connectivity index (χ1v) is 3.21. The van der Waals surface area contributed by atoms with Crippen LogP contribution in [0.25, 0.3) is 0 Å². The molecule has 1 N–H and O–H groups in total. The van der Waals surface area contributed by atoms with Crippen LogP contribution in [0.15, 0.2) is 6.20 Å². The third-order valence-electron chi connectivity index (χ3n) is 1.11. The highest BCUT2D eigenvalue weighted by molar-refractivity contribution is 6.31. The van der Waals surface area contributed by atoms with E-state index < -0.39 is 5.97 Å². The van der Waals surface area contributed by atoms with E-state index in [0.29, 0.717) is 10.7 Å². The fourth-order valence-corrected chi connectivity index (χ4v) is 0.646. The van der Waals surface area contributed by atoms with Crippen LogP contribution in [-0.2, 0) is 0 Å². The molecule has 0 aliphatic heterocycles. The molecule has 1 rings (SSSR count). The summed E-state index contributed by atoms with van der Waals surface area (Å²) in [4.78, 5) is 17.4. The molecule has 1 heterocycles. The number of aryl methyl sites for hydroxylation is 1. The minimum Gasteiger partial charge on any atom is -0.475 e. The zero-order valence-electron chi connectivity index (χ0n) is 5.71. The van der Waals surface area contributed by atoms with Gasteiger partial charge in [0.25, 0.3) is 0 Å². The summed E-state index contributed by atoms with van der Waals surface area (Å²) in [6.45, 7) is 1.62. The van der Waals surface area contributed by atoms with Gasteiger partial charge in [0.1, 0.15) is 0 Å². The number of hydrogen-bond acceptors (Lipinski definition) is 3. The lowest BCUT2D eigenvalue weighted by Gasteiger charge is -1.95. The summed E-state index contributed by atoms with van der Waals surface area (Å²) in [5.41, 5.74) is 0.471. The molecular weight excluding hydrogens is 168 g/mol. The number of aromatic nitrogens is 2. The number of halogens is 1. The van der Waals surface area contributed by atoms with E-state index >= 15 is 0 Å². The van der Waals surface area contributed by atoms with Gasteiger partial charge in [-0.1, -0.05) is 11.6 Å². The Hall–Kier alpha value is -1.16. The van der Waals surface area contributed by atoms with E-state index in [0.717, 1.165) is 0 Å². The highest BCUT2D eigenvalue weighted by Crippen LogP contribution is 2.09. The summed E-state index contributed by atoms with van der Waals surface area (Å²) < 4.78 is 0. The maximum absolute atomic E-state index is 10.3. The minimum absolute atomic E-state index is 0.230. The summed E-state index contributed by atoms with van der Waals surface area (Å²) in [5.74, 6) is -1.38. The largest absolute Gasteiger partial charge is 0.475 e. The number of carboxylic acids is 1. The van der Waals surface area contributed by atoms with Gasteiger partial charge < -0.3 is 5.11 Å². The second-order valence-corrected chi connectivity index (χ2v) is 2.34.